The average molecular weight is 268 g/mol. The van der Waals surface area contributed by atoms with Gasteiger partial charge in [0.25, 0.3) is 0 Å². The van der Waals surface area contributed by atoms with Gasteiger partial charge in [0.1, 0.15) is 0 Å². The molecule has 0 fully saturated rings. The molecule has 0 bridgehead atoms. The van der Waals surface area contributed by atoms with Crippen LogP contribution in [0.2, 0.25) is 0 Å². The van der Waals surface area contributed by atoms with Crippen LogP contribution in [0.3, 0.4) is 0 Å². The van der Waals surface area contributed by atoms with Crippen molar-refractivity contribution < 1.29 is 0 Å². The molecule has 1 aromatic rings. The predicted octanol–water partition coefficient (Wildman–Crippen LogP) is 4.25. The number of hydrogen-bond donors (Lipinski definition) is 1. The lowest BCUT2D eigenvalue weighted by Crippen LogP contribution is -2.27. The van der Waals surface area contributed by atoms with Crippen LogP contribution < -0.4 is 5.32 Å². The number of rotatable bonds is 9. The monoisotopic (exact) mass is 268 g/mol. The van der Waals surface area contributed by atoms with Crippen LogP contribution in [-0.2, 0) is 6.42 Å². The molecule has 0 spiro atoms. The van der Waals surface area contributed by atoms with E-state index in [1.54, 1.807) is 0 Å². The number of aryl methyl sites for hydroxylation is 2. The molecule has 0 radical (unpaired) electrons. The topological polar surface area (TPSA) is 24.9 Å². The molecule has 0 aromatic carbocycles. The van der Waals surface area contributed by atoms with Crippen LogP contribution in [0, 0.1) is 13.8 Å². The Morgan fingerprint density at radius 3 is 2.44 bits per heavy atom. The first-order valence-electron chi connectivity index (χ1n) is 7.27. The number of unbranched alkanes of at least 4 members (excludes halogenated alkanes) is 4. The number of hydrogen-bond acceptors (Lipinski definition) is 3. The molecule has 2 nitrogen and oxygen atoms in total. The quantitative estimate of drug-likeness (QED) is 0.677. The smallest absolute Gasteiger partial charge is 0.0946 e. The Kier molecular flexibility index (Phi) is 7.52. The summed E-state index contributed by atoms with van der Waals surface area (Å²) in [6.45, 7) is 6.54. The zero-order valence-electron chi connectivity index (χ0n) is 12.4. The number of nitrogens with one attached hydrogen (secondary N) is 1. The molecule has 0 saturated carbocycles. The maximum absolute atomic E-state index is 4.63. The van der Waals surface area contributed by atoms with E-state index in [1.807, 2.05) is 11.3 Å². The largest absolute Gasteiger partial charge is 0.317 e. The zero-order valence-corrected chi connectivity index (χ0v) is 13.2. The van der Waals surface area contributed by atoms with E-state index in [0.29, 0.717) is 6.04 Å². The normalized spacial score (nSPS) is 12.9. The molecule has 1 rings (SSSR count). The van der Waals surface area contributed by atoms with E-state index in [9.17, 15) is 0 Å². The van der Waals surface area contributed by atoms with Crippen LogP contribution >= 0.6 is 11.3 Å². The lowest BCUT2D eigenvalue weighted by atomic mass is 10.0. The highest BCUT2D eigenvalue weighted by Crippen LogP contribution is 2.19. The van der Waals surface area contributed by atoms with E-state index in [4.69, 9.17) is 0 Å². The fourth-order valence-corrected chi connectivity index (χ4v) is 3.19. The zero-order chi connectivity index (χ0) is 13.4. The van der Waals surface area contributed by atoms with Gasteiger partial charge in [0, 0.05) is 17.3 Å². The third-order valence-electron chi connectivity index (χ3n) is 3.56. The van der Waals surface area contributed by atoms with E-state index < -0.39 is 0 Å². The Balaban J connectivity index is 2.28. The summed E-state index contributed by atoms with van der Waals surface area (Å²) in [5, 5.41) is 4.73. The van der Waals surface area contributed by atoms with E-state index in [-0.39, 0.29) is 0 Å². The molecule has 1 atom stereocenters. The van der Waals surface area contributed by atoms with Gasteiger partial charge in [-0.25, -0.2) is 4.98 Å². The summed E-state index contributed by atoms with van der Waals surface area (Å²) in [6, 6.07) is 0.594. The van der Waals surface area contributed by atoms with Crippen molar-refractivity contribution in [2.24, 2.45) is 0 Å². The minimum absolute atomic E-state index is 0.594. The molecule has 0 aliphatic rings. The molecule has 0 aliphatic heterocycles. The molecule has 3 heteroatoms. The van der Waals surface area contributed by atoms with Gasteiger partial charge in [-0.1, -0.05) is 39.0 Å². The minimum atomic E-state index is 0.594. The molecular formula is C15H28N2S. The van der Waals surface area contributed by atoms with Crippen LogP contribution in [0.25, 0.3) is 0 Å². The van der Waals surface area contributed by atoms with Gasteiger partial charge in [-0.15, -0.1) is 11.3 Å². The summed E-state index contributed by atoms with van der Waals surface area (Å²) in [4.78, 5) is 6.00. The SMILES string of the molecule is CCCCCCCC(Cc1nc(C)c(C)s1)NC. The van der Waals surface area contributed by atoms with Crippen LogP contribution in [0.4, 0.5) is 0 Å². The van der Waals surface area contributed by atoms with Crippen LogP contribution in [0.5, 0.6) is 0 Å². The van der Waals surface area contributed by atoms with Crippen molar-refractivity contribution in [1.82, 2.24) is 10.3 Å². The first kappa shape index (κ1) is 15.6. The molecule has 104 valence electrons. The van der Waals surface area contributed by atoms with Crippen LogP contribution in [0.1, 0.15) is 61.0 Å². The Hall–Kier alpha value is -0.410. The summed E-state index contributed by atoms with van der Waals surface area (Å²) in [7, 11) is 2.07. The summed E-state index contributed by atoms with van der Waals surface area (Å²) >= 11 is 1.85. The number of likely N-dealkylation sites (N-methyl/N-ethyl adjacent to an activating group) is 1. The van der Waals surface area contributed by atoms with Crippen LogP contribution in [0.15, 0.2) is 0 Å². The third kappa shape index (κ3) is 5.49. The highest BCUT2D eigenvalue weighted by molar-refractivity contribution is 7.11. The van der Waals surface area contributed by atoms with Crippen molar-refractivity contribution in [2.45, 2.75) is 71.8 Å². The van der Waals surface area contributed by atoms with Gasteiger partial charge in [0.2, 0.25) is 0 Å². The highest BCUT2D eigenvalue weighted by Gasteiger charge is 2.11. The van der Waals surface area contributed by atoms with Gasteiger partial charge < -0.3 is 5.32 Å². The molecular weight excluding hydrogens is 240 g/mol. The predicted molar refractivity (Wildman–Crippen MR) is 81.5 cm³/mol. The maximum atomic E-state index is 4.63. The van der Waals surface area contributed by atoms with Gasteiger partial charge >= 0.3 is 0 Å². The molecule has 0 saturated heterocycles. The number of aromatic nitrogens is 1. The second kappa shape index (κ2) is 8.65. The molecule has 0 aliphatic carbocycles. The summed E-state index contributed by atoms with van der Waals surface area (Å²) in [5.74, 6) is 0. The summed E-state index contributed by atoms with van der Waals surface area (Å²) in [5.41, 5.74) is 1.20. The molecule has 1 N–H and O–H groups in total. The van der Waals surface area contributed by atoms with Gasteiger partial charge in [-0.2, -0.15) is 0 Å². The van der Waals surface area contributed by atoms with Gasteiger partial charge in [0.05, 0.1) is 10.7 Å². The Labute approximate surface area is 116 Å². The third-order valence-corrected chi connectivity index (χ3v) is 4.65. The van der Waals surface area contributed by atoms with E-state index in [2.05, 4.69) is 38.1 Å². The van der Waals surface area contributed by atoms with Crippen molar-refractivity contribution in [3.05, 3.63) is 15.6 Å². The molecule has 1 unspecified atom stereocenters. The Morgan fingerprint density at radius 1 is 1.17 bits per heavy atom. The van der Waals surface area contributed by atoms with Crippen LogP contribution in [-0.4, -0.2) is 18.1 Å². The van der Waals surface area contributed by atoms with E-state index in [1.165, 1.54) is 54.1 Å². The molecule has 18 heavy (non-hydrogen) atoms. The first-order chi connectivity index (χ1) is 8.67. The molecule has 1 aromatic heterocycles. The number of nitrogens with zero attached hydrogens (tertiary/aromatic N) is 1. The first-order valence-corrected chi connectivity index (χ1v) is 8.09. The second-order valence-electron chi connectivity index (χ2n) is 5.14. The fourth-order valence-electron chi connectivity index (χ4n) is 2.18. The van der Waals surface area contributed by atoms with Gasteiger partial charge in [-0.05, 0) is 27.3 Å². The molecule has 0 amide bonds. The minimum Gasteiger partial charge on any atom is -0.317 e. The van der Waals surface area contributed by atoms with Crippen molar-refractivity contribution in [3.63, 3.8) is 0 Å². The van der Waals surface area contributed by atoms with Gasteiger partial charge in [0.15, 0.2) is 0 Å². The Morgan fingerprint density at radius 2 is 1.89 bits per heavy atom. The standard InChI is InChI=1S/C15H28N2S/c1-5-6-7-8-9-10-14(16-4)11-15-17-12(2)13(3)18-15/h14,16H,5-11H2,1-4H3. The summed E-state index contributed by atoms with van der Waals surface area (Å²) in [6.07, 6.45) is 9.18. The second-order valence-corrected chi connectivity index (χ2v) is 6.43. The van der Waals surface area contributed by atoms with Crippen molar-refractivity contribution in [3.8, 4) is 0 Å². The lowest BCUT2D eigenvalue weighted by Gasteiger charge is -2.14. The van der Waals surface area contributed by atoms with Crippen molar-refractivity contribution >= 4 is 11.3 Å². The van der Waals surface area contributed by atoms with Crippen molar-refractivity contribution in [2.75, 3.05) is 7.05 Å². The summed E-state index contributed by atoms with van der Waals surface area (Å²) < 4.78 is 0. The molecule has 1 heterocycles. The average Bonchev–Trinajstić information content (AvgIpc) is 2.66. The van der Waals surface area contributed by atoms with Crippen molar-refractivity contribution in [1.29, 1.82) is 0 Å². The van der Waals surface area contributed by atoms with E-state index >= 15 is 0 Å². The lowest BCUT2D eigenvalue weighted by molar-refractivity contribution is 0.481. The van der Waals surface area contributed by atoms with E-state index in [0.717, 1.165) is 6.42 Å². The Bertz CT molecular complexity index is 314. The fraction of sp³-hybridized carbons (Fsp3) is 0.800. The highest BCUT2D eigenvalue weighted by atomic mass is 32.1. The van der Waals surface area contributed by atoms with Gasteiger partial charge in [-0.3, -0.25) is 0 Å². The maximum Gasteiger partial charge on any atom is 0.0946 e. The number of thiazole rings is 1.